The topological polar surface area (TPSA) is 78.6 Å². The minimum atomic E-state index is -0.935. The van der Waals surface area contributed by atoms with E-state index in [-0.39, 0.29) is 18.4 Å². The summed E-state index contributed by atoms with van der Waals surface area (Å²) in [5.41, 5.74) is 4.75. The van der Waals surface area contributed by atoms with E-state index in [1.165, 1.54) is 0 Å². The molecule has 4 N–H and O–H groups in total. The lowest BCUT2D eigenvalue weighted by Crippen LogP contribution is -2.51. The summed E-state index contributed by atoms with van der Waals surface area (Å²) in [4.78, 5) is 13.4. The maximum Gasteiger partial charge on any atom is 0.237 e. The number of carbonyl (C=O) groups is 1. The third-order valence-corrected chi connectivity index (χ3v) is 2.32. The highest BCUT2D eigenvalue weighted by Crippen LogP contribution is 2.04. The van der Waals surface area contributed by atoms with Crippen LogP contribution >= 0.6 is 0 Å². The van der Waals surface area contributed by atoms with Gasteiger partial charge in [-0.25, -0.2) is 0 Å². The van der Waals surface area contributed by atoms with Crippen molar-refractivity contribution in [2.24, 2.45) is 11.7 Å². The number of nitrogens with two attached hydrogens (primary N) is 1. The molecule has 16 heavy (non-hydrogen) atoms. The highest BCUT2D eigenvalue weighted by Gasteiger charge is 2.24. The van der Waals surface area contributed by atoms with Crippen LogP contribution in [0.4, 0.5) is 0 Å². The summed E-state index contributed by atoms with van der Waals surface area (Å²) in [5, 5.41) is 12.6. The highest BCUT2D eigenvalue weighted by atomic mass is 16.3. The summed E-state index contributed by atoms with van der Waals surface area (Å²) >= 11 is 0. The van der Waals surface area contributed by atoms with Gasteiger partial charge in [0.15, 0.2) is 0 Å². The van der Waals surface area contributed by atoms with Gasteiger partial charge < -0.3 is 21.1 Å². The molecule has 0 spiro atoms. The van der Waals surface area contributed by atoms with Gasteiger partial charge in [0.25, 0.3) is 0 Å². The Balaban J connectivity index is 4.09. The van der Waals surface area contributed by atoms with Crippen LogP contribution in [0, 0.1) is 5.92 Å². The van der Waals surface area contributed by atoms with E-state index in [4.69, 9.17) is 5.73 Å². The van der Waals surface area contributed by atoms with E-state index in [0.29, 0.717) is 6.54 Å². The van der Waals surface area contributed by atoms with E-state index in [0.717, 1.165) is 0 Å². The molecule has 0 rings (SSSR count). The first-order valence-corrected chi connectivity index (χ1v) is 5.56. The summed E-state index contributed by atoms with van der Waals surface area (Å²) in [7, 11) is 3.74. The lowest BCUT2D eigenvalue weighted by atomic mass is 10.0. The first-order valence-electron chi connectivity index (χ1n) is 5.56. The molecule has 5 nitrogen and oxygen atoms in total. The molecule has 0 aliphatic heterocycles. The molecule has 0 aromatic rings. The van der Waals surface area contributed by atoms with E-state index < -0.39 is 11.6 Å². The number of hydrogen-bond donors (Lipinski definition) is 3. The normalized spacial score (nSPS) is 17.3. The molecule has 1 unspecified atom stereocenters. The first-order chi connectivity index (χ1) is 7.15. The molecule has 0 aliphatic carbocycles. The van der Waals surface area contributed by atoms with Gasteiger partial charge >= 0.3 is 0 Å². The van der Waals surface area contributed by atoms with Gasteiger partial charge in [-0.2, -0.15) is 0 Å². The second-order valence-electron chi connectivity index (χ2n) is 5.22. The van der Waals surface area contributed by atoms with Crippen molar-refractivity contribution in [1.82, 2.24) is 10.2 Å². The van der Waals surface area contributed by atoms with Gasteiger partial charge in [-0.3, -0.25) is 4.79 Å². The molecule has 96 valence electrons. The average Bonchev–Trinajstić information content (AvgIpc) is 2.10. The molecule has 0 aliphatic rings. The SMILES string of the molecule is CC(C)[C@@H](N)C(=O)NCC(C)(O)CN(C)C. The number of carbonyl (C=O) groups excluding carboxylic acids is 1. The van der Waals surface area contributed by atoms with Crippen molar-refractivity contribution in [3.05, 3.63) is 0 Å². The zero-order valence-corrected chi connectivity index (χ0v) is 10.9. The van der Waals surface area contributed by atoms with Crippen molar-refractivity contribution in [3.63, 3.8) is 0 Å². The third-order valence-electron chi connectivity index (χ3n) is 2.32. The summed E-state index contributed by atoms with van der Waals surface area (Å²) in [6.07, 6.45) is 0. The zero-order chi connectivity index (χ0) is 12.9. The van der Waals surface area contributed by atoms with Crippen LogP contribution in [0.1, 0.15) is 20.8 Å². The maximum absolute atomic E-state index is 11.6. The predicted molar refractivity (Wildman–Crippen MR) is 65.0 cm³/mol. The van der Waals surface area contributed by atoms with Crippen molar-refractivity contribution >= 4 is 5.91 Å². The number of likely N-dealkylation sites (N-methyl/N-ethyl adjacent to an activating group) is 1. The largest absolute Gasteiger partial charge is 0.387 e. The molecular formula is C11H25N3O2. The summed E-state index contributed by atoms with van der Waals surface area (Å²) in [5.74, 6) is -0.118. The summed E-state index contributed by atoms with van der Waals surface area (Å²) < 4.78 is 0. The Bertz CT molecular complexity index is 227. The fourth-order valence-corrected chi connectivity index (χ4v) is 1.44. The van der Waals surface area contributed by atoms with Crippen molar-refractivity contribution in [2.45, 2.75) is 32.4 Å². The van der Waals surface area contributed by atoms with E-state index in [1.54, 1.807) is 6.92 Å². The van der Waals surface area contributed by atoms with Gasteiger partial charge in [0.1, 0.15) is 0 Å². The summed E-state index contributed by atoms with van der Waals surface area (Å²) in [6, 6.07) is -0.518. The van der Waals surface area contributed by atoms with Crippen LogP contribution in [0.2, 0.25) is 0 Å². The van der Waals surface area contributed by atoms with E-state index in [9.17, 15) is 9.90 Å². The van der Waals surface area contributed by atoms with Crippen molar-refractivity contribution in [2.75, 3.05) is 27.2 Å². The minimum absolute atomic E-state index is 0.0961. The molecule has 0 heterocycles. The number of amides is 1. The average molecular weight is 231 g/mol. The molecule has 0 aromatic carbocycles. The van der Waals surface area contributed by atoms with Crippen LogP contribution < -0.4 is 11.1 Å². The molecule has 2 atom stereocenters. The fourth-order valence-electron chi connectivity index (χ4n) is 1.44. The van der Waals surface area contributed by atoms with E-state index in [2.05, 4.69) is 5.32 Å². The van der Waals surface area contributed by atoms with Crippen LogP contribution in [0.3, 0.4) is 0 Å². The molecule has 0 saturated carbocycles. The van der Waals surface area contributed by atoms with Crippen molar-refractivity contribution in [3.8, 4) is 0 Å². The number of hydrogen-bond acceptors (Lipinski definition) is 4. The van der Waals surface area contributed by atoms with E-state index >= 15 is 0 Å². The van der Waals surface area contributed by atoms with Crippen molar-refractivity contribution < 1.29 is 9.90 Å². The Labute approximate surface area is 98.0 Å². The van der Waals surface area contributed by atoms with Crippen LogP contribution in [0.25, 0.3) is 0 Å². The molecule has 0 saturated heterocycles. The Morgan fingerprint density at radius 1 is 1.50 bits per heavy atom. The maximum atomic E-state index is 11.6. The molecule has 0 aromatic heterocycles. The lowest BCUT2D eigenvalue weighted by Gasteiger charge is -2.28. The van der Waals surface area contributed by atoms with Gasteiger partial charge in [-0.1, -0.05) is 13.8 Å². The minimum Gasteiger partial charge on any atom is -0.387 e. The Morgan fingerprint density at radius 3 is 2.38 bits per heavy atom. The molecule has 1 amide bonds. The monoisotopic (exact) mass is 231 g/mol. The quantitative estimate of drug-likeness (QED) is 0.570. The molecular weight excluding hydrogens is 206 g/mol. The van der Waals surface area contributed by atoms with Crippen LogP contribution in [0.5, 0.6) is 0 Å². The van der Waals surface area contributed by atoms with Gasteiger partial charge in [-0.15, -0.1) is 0 Å². The molecule has 0 bridgehead atoms. The Kier molecular flexibility index (Phi) is 5.92. The lowest BCUT2D eigenvalue weighted by molar-refractivity contribution is -0.124. The second-order valence-corrected chi connectivity index (χ2v) is 5.22. The van der Waals surface area contributed by atoms with Crippen molar-refractivity contribution in [1.29, 1.82) is 0 Å². The van der Waals surface area contributed by atoms with Crippen LogP contribution in [-0.4, -0.2) is 54.7 Å². The van der Waals surface area contributed by atoms with Gasteiger partial charge in [0, 0.05) is 13.1 Å². The van der Waals surface area contributed by atoms with Crippen LogP contribution in [0.15, 0.2) is 0 Å². The van der Waals surface area contributed by atoms with E-state index in [1.807, 2.05) is 32.8 Å². The number of rotatable bonds is 6. The number of aliphatic hydroxyl groups is 1. The zero-order valence-electron chi connectivity index (χ0n) is 10.9. The summed E-state index contributed by atoms with van der Waals surface area (Å²) in [6.45, 7) is 6.17. The number of nitrogens with zero attached hydrogens (tertiary/aromatic N) is 1. The Hall–Kier alpha value is -0.650. The second kappa shape index (κ2) is 6.18. The Morgan fingerprint density at radius 2 is 2.00 bits per heavy atom. The van der Waals surface area contributed by atoms with Gasteiger partial charge in [-0.05, 0) is 26.9 Å². The predicted octanol–water partition coefficient (Wildman–Crippen LogP) is -0.601. The highest BCUT2D eigenvalue weighted by molar-refractivity contribution is 5.81. The third kappa shape index (κ3) is 6.05. The fraction of sp³-hybridized carbons (Fsp3) is 0.909. The smallest absolute Gasteiger partial charge is 0.237 e. The number of nitrogens with one attached hydrogen (secondary N) is 1. The molecule has 0 radical (unpaired) electrons. The van der Waals surface area contributed by atoms with Gasteiger partial charge in [0.05, 0.1) is 11.6 Å². The van der Waals surface area contributed by atoms with Gasteiger partial charge in [0.2, 0.25) is 5.91 Å². The molecule has 0 fully saturated rings. The standard InChI is InChI=1S/C11H25N3O2/c1-8(2)9(12)10(15)13-6-11(3,16)7-14(4)5/h8-9,16H,6-7,12H2,1-5H3,(H,13,15)/t9-,11?/m1/s1. The first kappa shape index (κ1) is 15.3. The molecule has 5 heteroatoms. The van der Waals surface area contributed by atoms with Crippen LogP contribution in [-0.2, 0) is 4.79 Å².